The van der Waals surface area contributed by atoms with Gasteiger partial charge in [0.2, 0.25) is 0 Å². The van der Waals surface area contributed by atoms with Gasteiger partial charge in [0, 0.05) is 18.8 Å². The first-order valence-corrected chi connectivity index (χ1v) is 6.81. The number of nitrogens with zero attached hydrogens (tertiary/aromatic N) is 2. The SMILES string of the molecule is Cc1cccc(Nc2cccc([C@H]3CNCCO3)n2)n1. The molecule has 1 atom stereocenters. The number of anilines is 2. The van der Waals surface area contributed by atoms with Gasteiger partial charge in [-0.3, -0.25) is 0 Å². The Morgan fingerprint density at radius 1 is 1.15 bits per heavy atom. The summed E-state index contributed by atoms with van der Waals surface area (Å²) in [5.41, 5.74) is 1.92. The van der Waals surface area contributed by atoms with E-state index in [-0.39, 0.29) is 6.10 Å². The zero-order chi connectivity index (χ0) is 13.8. The summed E-state index contributed by atoms with van der Waals surface area (Å²) in [6.07, 6.45) is 0.0240. The molecule has 1 aliphatic rings. The van der Waals surface area contributed by atoms with Crippen LogP contribution in [0.4, 0.5) is 11.6 Å². The minimum atomic E-state index is 0.0240. The van der Waals surface area contributed by atoms with E-state index in [9.17, 15) is 0 Å². The van der Waals surface area contributed by atoms with Crippen molar-refractivity contribution in [2.24, 2.45) is 0 Å². The Hall–Kier alpha value is -1.98. The Kier molecular flexibility index (Phi) is 3.90. The van der Waals surface area contributed by atoms with E-state index >= 15 is 0 Å². The summed E-state index contributed by atoms with van der Waals surface area (Å²) in [5, 5.41) is 6.54. The van der Waals surface area contributed by atoms with E-state index in [1.165, 1.54) is 0 Å². The predicted molar refractivity (Wildman–Crippen MR) is 78.1 cm³/mol. The van der Waals surface area contributed by atoms with E-state index in [1.807, 2.05) is 43.3 Å². The lowest BCUT2D eigenvalue weighted by Crippen LogP contribution is -2.33. The smallest absolute Gasteiger partial charge is 0.131 e. The van der Waals surface area contributed by atoms with Gasteiger partial charge < -0.3 is 15.4 Å². The summed E-state index contributed by atoms with van der Waals surface area (Å²) in [5.74, 6) is 1.59. The predicted octanol–water partition coefficient (Wildman–Crippen LogP) is 2.19. The van der Waals surface area contributed by atoms with Crippen molar-refractivity contribution in [2.45, 2.75) is 13.0 Å². The Morgan fingerprint density at radius 3 is 2.70 bits per heavy atom. The van der Waals surface area contributed by atoms with Crippen LogP contribution in [0.15, 0.2) is 36.4 Å². The van der Waals surface area contributed by atoms with Crippen molar-refractivity contribution in [1.82, 2.24) is 15.3 Å². The molecule has 0 aromatic carbocycles. The molecule has 0 bridgehead atoms. The number of aryl methyl sites for hydroxylation is 1. The summed E-state index contributed by atoms with van der Waals surface area (Å²) in [6, 6.07) is 11.8. The van der Waals surface area contributed by atoms with Crippen molar-refractivity contribution >= 4 is 11.6 Å². The standard InChI is InChI=1S/C15H18N4O/c1-11-4-2-6-14(17-11)19-15-7-3-5-12(18-15)13-10-16-8-9-20-13/h2-7,13,16H,8-10H2,1H3,(H,17,18,19)/t13-/m1/s1. The van der Waals surface area contributed by atoms with Crippen LogP contribution in [0.1, 0.15) is 17.5 Å². The molecule has 0 spiro atoms. The monoisotopic (exact) mass is 270 g/mol. The first-order chi connectivity index (χ1) is 9.81. The summed E-state index contributed by atoms with van der Waals surface area (Å²) in [4.78, 5) is 9.02. The van der Waals surface area contributed by atoms with E-state index in [2.05, 4.69) is 20.6 Å². The van der Waals surface area contributed by atoms with Crippen LogP contribution in [-0.2, 0) is 4.74 Å². The third-order valence-electron chi connectivity index (χ3n) is 3.17. The second-order valence-corrected chi connectivity index (χ2v) is 4.80. The van der Waals surface area contributed by atoms with Crippen molar-refractivity contribution in [3.05, 3.63) is 47.8 Å². The summed E-state index contributed by atoms with van der Waals surface area (Å²) in [6.45, 7) is 4.40. The van der Waals surface area contributed by atoms with Gasteiger partial charge in [-0.2, -0.15) is 0 Å². The Bertz CT molecular complexity index is 582. The molecule has 1 aliphatic heterocycles. The number of hydrogen-bond acceptors (Lipinski definition) is 5. The maximum Gasteiger partial charge on any atom is 0.131 e. The highest BCUT2D eigenvalue weighted by molar-refractivity contribution is 5.51. The molecule has 0 saturated carbocycles. The minimum Gasteiger partial charge on any atom is -0.369 e. The average Bonchev–Trinajstić information content (AvgIpc) is 2.48. The third-order valence-corrected chi connectivity index (χ3v) is 3.17. The van der Waals surface area contributed by atoms with Crippen molar-refractivity contribution in [1.29, 1.82) is 0 Å². The third kappa shape index (κ3) is 3.12. The quantitative estimate of drug-likeness (QED) is 0.895. The molecule has 2 aromatic rings. The van der Waals surface area contributed by atoms with Crippen molar-refractivity contribution in [3.63, 3.8) is 0 Å². The van der Waals surface area contributed by atoms with Gasteiger partial charge in [0.1, 0.15) is 17.7 Å². The van der Waals surface area contributed by atoms with Gasteiger partial charge in [0.15, 0.2) is 0 Å². The molecular formula is C15H18N4O. The second kappa shape index (κ2) is 5.98. The van der Waals surface area contributed by atoms with E-state index in [1.54, 1.807) is 0 Å². The lowest BCUT2D eigenvalue weighted by molar-refractivity contribution is 0.0251. The van der Waals surface area contributed by atoms with Crippen LogP contribution in [0.3, 0.4) is 0 Å². The van der Waals surface area contributed by atoms with Gasteiger partial charge >= 0.3 is 0 Å². The first-order valence-electron chi connectivity index (χ1n) is 6.81. The minimum absolute atomic E-state index is 0.0240. The van der Waals surface area contributed by atoms with Gasteiger partial charge in [0.05, 0.1) is 12.3 Å². The molecule has 3 rings (SSSR count). The molecule has 2 aromatic heterocycles. The zero-order valence-electron chi connectivity index (χ0n) is 11.5. The number of hydrogen-bond donors (Lipinski definition) is 2. The second-order valence-electron chi connectivity index (χ2n) is 4.80. The van der Waals surface area contributed by atoms with Crippen LogP contribution in [0, 0.1) is 6.92 Å². The molecule has 0 aliphatic carbocycles. The molecule has 20 heavy (non-hydrogen) atoms. The Labute approximate surface area is 118 Å². The molecule has 5 heteroatoms. The fraction of sp³-hybridized carbons (Fsp3) is 0.333. The van der Waals surface area contributed by atoms with E-state index in [0.717, 1.165) is 42.7 Å². The van der Waals surface area contributed by atoms with Gasteiger partial charge in [0.25, 0.3) is 0 Å². The van der Waals surface area contributed by atoms with Crippen LogP contribution < -0.4 is 10.6 Å². The molecule has 5 nitrogen and oxygen atoms in total. The van der Waals surface area contributed by atoms with Crippen LogP contribution >= 0.6 is 0 Å². The summed E-state index contributed by atoms with van der Waals surface area (Å²) in [7, 11) is 0. The number of morpholine rings is 1. The van der Waals surface area contributed by atoms with Crippen molar-refractivity contribution < 1.29 is 4.74 Å². The molecule has 104 valence electrons. The normalized spacial score (nSPS) is 18.8. The lowest BCUT2D eigenvalue weighted by Gasteiger charge is -2.23. The highest BCUT2D eigenvalue weighted by atomic mass is 16.5. The van der Waals surface area contributed by atoms with Crippen LogP contribution in [0.5, 0.6) is 0 Å². The van der Waals surface area contributed by atoms with E-state index < -0.39 is 0 Å². The average molecular weight is 270 g/mol. The van der Waals surface area contributed by atoms with Gasteiger partial charge in [-0.1, -0.05) is 12.1 Å². The molecule has 2 N–H and O–H groups in total. The largest absolute Gasteiger partial charge is 0.369 e. The van der Waals surface area contributed by atoms with E-state index in [4.69, 9.17) is 4.74 Å². The van der Waals surface area contributed by atoms with Gasteiger partial charge in [-0.05, 0) is 31.2 Å². The summed E-state index contributed by atoms with van der Waals surface area (Å²) >= 11 is 0. The number of aromatic nitrogens is 2. The number of rotatable bonds is 3. The first kappa shape index (κ1) is 13.0. The maximum absolute atomic E-state index is 5.72. The highest BCUT2D eigenvalue weighted by Gasteiger charge is 2.17. The molecule has 0 unspecified atom stereocenters. The molecule has 0 amide bonds. The zero-order valence-corrected chi connectivity index (χ0v) is 11.5. The van der Waals surface area contributed by atoms with Gasteiger partial charge in [-0.25, -0.2) is 9.97 Å². The van der Waals surface area contributed by atoms with E-state index in [0.29, 0.717) is 0 Å². The topological polar surface area (TPSA) is 59.1 Å². The number of ether oxygens (including phenoxy) is 1. The fourth-order valence-electron chi connectivity index (χ4n) is 2.20. The molecule has 0 radical (unpaired) electrons. The molecule has 1 saturated heterocycles. The number of pyridine rings is 2. The van der Waals surface area contributed by atoms with Crippen molar-refractivity contribution in [2.75, 3.05) is 25.0 Å². The Balaban J connectivity index is 1.77. The molecular weight excluding hydrogens is 252 g/mol. The van der Waals surface area contributed by atoms with Gasteiger partial charge in [-0.15, -0.1) is 0 Å². The van der Waals surface area contributed by atoms with Crippen LogP contribution in [-0.4, -0.2) is 29.7 Å². The molecule has 1 fully saturated rings. The van der Waals surface area contributed by atoms with Crippen molar-refractivity contribution in [3.8, 4) is 0 Å². The lowest BCUT2D eigenvalue weighted by atomic mass is 10.2. The molecule has 3 heterocycles. The van der Waals surface area contributed by atoms with Crippen LogP contribution in [0.2, 0.25) is 0 Å². The fourth-order valence-corrected chi connectivity index (χ4v) is 2.20. The van der Waals surface area contributed by atoms with Crippen LogP contribution in [0.25, 0.3) is 0 Å². The highest BCUT2D eigenvalue weighted by Crippen LogP contribution is 2.19. The number of nitrogens with one attached hydrogen (secondary N) is 2. The maximum atomic E-state index is 5.72. The Morgan fingerprint density at radius 2 is 1.95 bits per heavy atom. The summed E-state index contributed by atoms with van der Waals surface area (Å²) < 4.78 is 5.72.